The third-order valence-electron chi connectivity index (χ3n) is 4.96. The summed E-state index contributed by atoms with van der Waals surface area (Å²) >= 11 is 0. The maximum atomic E-state index is 9.05. The number of aryl methyl sites for hydroxylation is 1. The van der Waals surface area contributed by atoms with Crippen molar-refractivity contribution in [2.45, 2.75) is 32.6 Å². The second-order valence-electron chi connectivity index (χ2n) is 7.05. The Bertz CT molecular complexity index is 899. The van der Waals surface area contributed by atoms with Gasteiger partial charge in [-0.15, -0.1) is 0 Å². The highest BCUT2D eigenvalue weighted by Gasteiger charge is 2.20. The molecule has 142 valence electrons. The normalized spacial score (nSPS) is 14.7. The molecule has 0 aliphatic carbocycles. The highest BCUT2D eigenvalue weighted by Crippen LogP contribution is 2.29. The molecule has 7 heteroatoms. The van der Waals surface area contributed by atoms with Crippen LogP contribution in [0.2, 0.25) is 0 Å². The van der Waals surface area contributed by atoms with Crippen LogP contribution < -0.4 is 10.2 Å². The molecule has 4 rings (SSSR count). The lowest BCUT2D eigenvalue weighted by molar-refractivity contribution is 0.292. The first-order valence-corrected chi connectivity index (χ1v) is 9.69. The van der Waals surface area contributed by atoms with Gasteiger partial charge in [0.25, 0.3) is 0 Å². The van der Waals surface area contributed by atoms with E-state index >= 15 is 0 Å². The Labute approximate surface area is 159 Å². The summed E-state index contributed by atoms with van der Waals surface area (Å²) in [7, 11) is 0. The third-order valence-corrected chi connectivity index (χ3v) is 4.96. The van der Waals surface area contributed by atoms with Gasteiger partial charge in [-0.3, -0.25) is 0 Å². The predicted molar refractivity (Wildman–Crippen MR) is 108 cm³/mol. The molecule has 0 unspecified atom stereocenters. The fraction of sp³-hybridized carbons (Fsp3) is 0.450. The fourth-order valence-corrected chi connectivity index (χ4v) is 3.47. The number of rotatable bonds is 6. The summed E-state index contributed by atoms with van der Waals surface area (Å²) in [6.07, 6.45) is 6.18. The lowest BCUT2D eigenvalue weighted by atomic mass is 10.1. The zero-order valence-electron chi connectivity index (χ0n) is 15.7. The number of hydrogen-bond donors (Lipinski definition) is 2. The predicted octanol–water partition coefficient (Wildman–Crippen LogP) is 2.91. The molecule has 0 spiro atoms. The van der Waals surface area contributed by atoms with E-state index in [1.807, 2.05) is 10.9 Å². The summed E-state index contributed by atoms with van der Waals surface area (Å²) in [6.45, 7) is 4.89. The standard InChI is InChI=1S/C20H26N6O/c1-15-6-8-16(9-7-15)26-19-17(14-22-26)18(25-11-3-2-4-12-25)23-20(24-19)21-10-5-13-27/h6-9,14,27H,2-5,10-13H2,1H3,(H,21,23,24). The molecule has 0 atom stereocenters. The van der Waals surface area contributed by atoms with E-state index in [1.165, 1.54) is 24.8 Å². The van der Waals surface area contributed by atoms with Gasteiger partial charge in [-0.1, -0.05) is 17.7 Å². The number of piperidine rings is 1. The Kier molecular flexibility index (Phi) is 5.20. The van der Waals surface area contributed by atoms with Crippen molar-refractivity contribution in [3.8, 4) is 5.69 Å². The number of aromatic nitrogens is 4. The van der Waals surface area contributed by atoms with Crippen LogP contribution in [-0.4, -0.2) is 51.1 Å². The largest absolute Gasteiger partial charge is 0.396 e. The molecule has 3 heterocycles. The van der Waals surface area contributed by atoms with E-state index in [-0.39, 0.29) is 6.61 Å². The summed E-state index contributed by atoms with van der Waals surface area (Å²) < 4.78 is 1.88. The highest BCUT2D eigenvalue weighted by molar-refractivity contribution is 5.89. The van der Waals surface area contributed by atoms with Gasteiger partial charge in [0.2, 0.25) is 5.95 Å². The maximum absolute atomic E-state index is 9.05. The van der Waals surface area contributed by atoms with E-state index in [4.69, 9.17) is 15.1 Å². The average molecular weight is 366 g/mol. The van der Waals surface area contributed by atoms with Crippen LogP contribution in [0.3, 0.4) is 0 Å². The minimum atomic E-state index is 0.148. The number of aliphatic hydroxyl groups excluding tert-OH is 1. The van der Waals surface area contributed by atoms with Crippen LogP contribution in [0.5, 0.6) is 0 Å². The molecule has 2 aromatic heterocycles. The fourth-order valence-electron chi connectivity index (χ4n) is 3.47. The number of nitrogens with one attached hydrogen (secondary N) is 1. The van der Waals surface area contributed by atoms with Crippen molar-refractivity contribution in [3.63, 3.8) is 0 Å². The molecule has 0 saturated carbocycles. The minimum absolute atomic E-state index is 0.148. The highest BCUT2D eigenvalue weighted by atomic mass is 16.3. The Morgan fingerprint density at radius 3 is 2.59 bits per heavy atom. The second kappa shape index (κ2) is 7.92. The van der Waals surface area contributed by atoms with Gasteiger partial charge >= 0.3 is 0 Å². The second-order valence-corrected chi connectivity index (χ2v) is 7.05. The van der Waals surface area contributed by atoms with Crippen molar-refractivity contribution in [1.29, 1.82) is 0 Å². The lowest BCUT2D eigenvalue weighted by Crippen LogP contribution is -2.30. The van der Waals surface area contributed by atoms with Gasteiger partial charge in [0.15, 0.2) is 5.65 Å². The molecule has 2 N–H and O–H groups in total. The molecule has 1 aliphatic rings. The first-order chi connectivity index (χ1) is 13.3. The summed E-state index contributed by atoms with van der Waals surface area (Å²) in [5, 5.41) is 17.9. The van der Waals surface area contributed by atoms with Gasteiger partial charge in [0.05, 0.1) is 17.3 Å². The van der Waals surface area contributed by atoms with E-state index in [0.29, 0.717) is 18.9 Å². The number of fused-ring (bicyclic) bond motifs is 1. The molecule has 0 bridgehead atoms. The van der Waals surface area contributed by atoms with Crippen LogP contribution in [0.1, 0.15) is 31.2 Å². The first kappa shape index (κ1) is 17.7. The van der Waals surface area contributed by atoms with Gasteiger partial charge in [0.1, 0.15) is 5.82 Å². The number of nitrogens with zero attached hydrogens (tertiary/aromatic N) is 5. The van der Waals surface area contributed by atoms with Crippen LogP contribution >= 0.6 is 0 Å². The number of hydrogen-bond acceptors (Lipinski definition) is 6. The van der Waals surface area contributed by atoms with Crippen molar-refractivity contribution in [3.05, 3.63) is 36.0 Å². The van der Waals surface area contributed by atoms with Crippen molar-refractivity contribution >= 4 is 22.8 Å². The van der Waals surface area contributed by atoms with Crippen LogP contribution in [-0.2, 0) is 0 Å². The summed E-state index contributed by atoms with van der Waals surface area (Å²) in [6, 6.07) is 8.28. The monoisotopic (exact) mass is 366 g/mol. The van der Waals surface area contributed by atoms with Crippen molar-refractivity contribution in [2.24, 2.45) is 0 Å². The van der Waals surface area contributed by atoms with Crippen molar-refractivity contribution in [2.75, 3.05) is 36.5 Å². The molecule has 1 fully saturated rings. The van der Waals surface area contributed by atoms with Gasteiger partial charge in [-0.05, 0) is 44.7 Å². The first-order valence-electron chi connectivity index (χ1n) is 9.69. The molecule has 1 aromatic carbocycles. The zero-order chi connectivity index (χ0) is 18.6. The molecule has 27 heavy (non-hydrogen) atoms. The summed E-state index contributed by atoms with van der Waals surface area (Å²) in [5.41, 5.74) is 3.01. The Hall–Kier alpha value is -2.67. The number of aliphatic hydroxyl groups is 1. The summed E-state index contributed by atoms with van der Waals surface area (Å²) in [5.74, 6) is 1.54. The van der Waals surface area contributed by atoms with Crippen LogP contribution in [0.25, 0.3) is 16.7 Å². The quantitative estimate of drug-likeness (QED) is 0.653. The van der Waals surface area contributed by atoms with Gasteiger partial charge < -0.3 is 15.3 Å². The molecule has 1 aliphatic heterocycles. The van der Waals surface area contributed by atoms with Crippen molar-refractivity contribution < 1.29 is 5.11 Å². The van der Waals surface area contributed by atoms with Crippen LogP contribution in [0.4, 0.5) is 11.8 Å². The van der Waals surface area contributed by atoms with Crippen molar-refractivity contribution in [1.82, 2.24) is 19.7 Å². The van der Waals surface area contributed by atoms with Gasteiger partial charge in [-0.25, -0.2) is 4.68 Å². The van der Waals surface area contributed by atoms with E-state index < -0.39 is 0 Å². The number of anilines is 2. The summed E-state index contributed by atoms with van der Waals surface area (Å²) in [4.78, 5) is 11.9. The lowest BCUT2D eigenvalue weighted by Gasteiger charge is -2.28. The minimum Gasteiger partial charge on any atom is -0.396 e. The van der Waals surface area contributed by atoms with E-state index in [1.54, 1.807) is 0 Å². The Balaban J connectivity index is 1.79. The molecular formula is C20H26N6O. The van der Waals surface area contributed by atoms with E-state index in [2.05, 4.69) is 46.5 Å². The SMILES string of the molecule is Cc1ccc(-n2ncc3c(N4CCCCC4)nc(NCCCO)nc32)cc1. The topological polar surface area (TPSA) is 79.1 Å². The Morgan fingerprint density at radius 1 is 1.07 bits per heavy atom. The van der Waals surface area contributed by atoms with Crippen LogP contribution in [0, 0.1) is 6.92 Å². The van der Waals surface area contributed by atoms with Gasteiger partial charge in [-0.2, -0.15) is 15.1 Å². The molecule has 0 radical (unpaired) electrons. The third kappa shape index (κ3) is 3.73. The molecule has 0 amide bonds. The maximum Gasteiger partial charge on any atom is 0.226 e. The molecule has 3 aromatic rings. The molecule has 7 nitrogen and oxygen atoms in total. The van der Waals surface area contributed by atoms with Gasteiger partial charge in [0, 0.05) is 26.2 Å². The van der Waals surface area contributed by atoms with E-state index in [9.17, 15) is 0 Å². The smallest absolute Gasteiger partial charge is 0.226 e. The molecular weight excluding hydrogens is 340 g/mol. The Morgan fingerprint density at radius 2 is 1.85 bits per heavy atom. The average Bonchev–Trinajstić information content (AvgIpc) is 3.13. The number of benzene rings is 1. The van der Waals surface area contributed by atoms with Crippen LogP contribution in [0.15, 0.2) is 30.5 Å². The van der Waals surface area contributed by atoms with E-state index in [0.717, 1.165) is 35.6 Å². The zero-order valence-corrected chi connectivity index (χ0v) is 15.7. The molecule has 1 saturated heterocycles.